The smallest absolute Gasteiger partial charge is 0.358 e. The molecule has 1 aromatic heterocycles. The quantitative estimate of drug-likeness (QED) is 0.648. The highest BCUT2D eigenvalue weighted by molar-refractivity contribution is 6.51. The summed E-state index contributed by atoms with van der Waals surface area (Å²) in [7, 11) is 1.44. The second-order valence-corrected chi connectivity index (χ2v) is 2.45. The van der Waals surface area contributed by atoms with Crippen molar-refractivity contribution in [2.75, 3.05) is 0 Å². The Morgan fingerprint density at radius 1 is 1.46 bits per heavy atom. The summed E-state index contributed by atoms with van der Waals surface area (Å²) in [5, 5.41) is 0. The number of halogens is 3. The van der Waals surface area contributed by atoms with E-state index in [1.165, 1.54) is 7.28 Å². The summed E-state index contributed by atoms with van der Waals surface area (Å²) < 4.78 is 36.1. The average Bonchev–Trinajstić information content (AvgIpc) is 2.02. The first kappa shape index (κ1) is 9.89. The molecule has 0 aliphatic heterocycles. The molecule has 0 amide bonds. The van der Waals surface area contributed by atoms with Crippen LogP contribution < -0.4 is 10.9 Å². The number of hydrogen-bond acceptors (Lipinski definition) is 1. The van der Waals surface area contributed by atoms with Gasteiger partial charge in [0, 0.05) is 6.07 Å². The van der Waals surface area contributed by atoms with Gasteiger partial charge in [-0.2, -0.15) is 13.2 Å². The van der Waals surface area contributed by atoms with Gasteiger partial charge < -0.3 is 4.98 Å². The van der Waals surface area contributed by atoms with E-state index < -0.39 is 17.3 Å². The molecule has 0 fully saturated rings. The van der Waals surface area contributed by atoms with Crippen LogP contribution in [0.2, 0.25) is 6.82 Å². The van der Waals surface area contributed by atoms with E-state index in [-0.39, 0.29) is 5.46 Å². The molecule has 1 heterocycles. The van der Waals surface area contributed by atoms with Gasteiger partial charge >= 0.3 is 6.18 Å². The highest BCUT2D eigenvalue weighted by Gasteiger charge is 2.31. The molecule has 6 heteroatoms. The van der Waals surface area contributed by atoms with Gasteiger partial charge in [-0.3, -0.25) is 4.79 Å². The topological polar surface area (TPSA) is 32.9 Å². The fourth-order valence-electron chi connectivity index (χ4n) is 0.872. The minimum absolute atomic E-state index is 0.230. The predicted molar refractivity (Wildman–Crippen MR) is 43.3 cm³/mol. The molecule has 0 saturated heterocycles. The van der Waals surface area contributed by atoms with Gasteiger partial charge in [-0.25, -0.2) is 0 Å². The molecule has 13 heavy (non-hydrogen) atoms. The van der Waals surface area contributed by atoms with Gasteiger partial charge in [-0.05, 0) is 11.7 Å². The molecule has 0 bridgehead atoms. The zero-order chi connectivity index (χ0) is 10.1. The SMILES string of the molecule is C[B]c1c[nH]c(C(F)(F)F)cc1=O. The molecule has 0 atom stereocenters. The number of hydrogen-bond donors (Lipinski definition) is 1. The molecule has 1 radical (unpaired) electrons. The Morgan fingerprint density at radius 2 is 2.08 bits per heavy atom. The number of rotatable bonds is 1. The van der Waals surface area contributed by atoms with Crippen LogP contribution in [0.4, 0.5) is 13.2 Å². The molecular formula is C7H6BF3NO. The van der Waals surface area contributed by atoms with E-state index in [4.69, 9.17) is 0 Å². The maximum atomic E-state index is 12.0. The summed E-state index contributed by atoms with van der Waals surface area (Å²) >= 11 is 0. The van der Waals surface area contributed by atoms with Crippen LogP contribution in [-0.4, -0.2) is 12.3 Å². The largest absolute Gasteiger partial charge is 0.431 e. The minimum atomic E-state index is -4.49. The van der Waals surface area contributed by atoms with Crippen LogP contribution in [0.15, 0.2) is 17.1 Å². The van der Waals surface area contributed by atoms with E-state index in [0.29, 0.717) is 6.07 Å². The van der Waals surface area contributed by atoms with E-state index in [1.807, 2.05) is 4.98 Å². The highest BCUT2D eigenvalue weighted by atomic mass is 19.4. The van der Waals surface area contributed by atoms with Gasteiger partial charge in [0.2, 0.25) is 0 Å². The molecular weight excluding hydrogens is 182 g/mol. The second-order valence-electron chi connectivity index (χ2n) is 2.45. The monoisotopic (exact) mass is 188 g/mol. The van der Waals surface area contributed by atoms with Crippen molar-refractivity contribution in [3.8, 4) is 0 Å². The average molecular weight is 188 g/mol. The molecule has 0 unspecified atom stereocenters. The first-order valence-corrected chi connectivity index (χ1v) is 3.54. The third-order valence-electron chi connectivity index (χ3n) is 1.56. The molecule has 1 aromatic rings. The van der Waals surface area contributed by atoms with Gasteiger partial charge in [0.1, 0.15) is 5.69 Å². The van der Waals surface area contributed by atoms with Gasteiger partial charge in [0.15, 0.2) is 12.7 Å². The number of aromatic amines is 1. The maximum absolute atomic E-state index is 12.0. The third kappa shape index (κ3) is 2.14. The first-order chi connectivity index (χ1) is 5.95. The summed E-state index contributed by atoms with van der Waals surface area (Å²) in [6.07, 6.45) is -3.45. The van der Waals surface area contributed by atoms with Crippen molar-refractivity contribution >= 4 is 12.7 Å². The zero-order valence-corrected chi connectivity index (χ0v) is 6.77. The molecule has 0 aliphatic carbocycles. The third-order valence-corrected chi connectivity index (χ3v) is 1.56. The van der Waals surface area contributed by atoms with Gasteiger partial charge in [0.05, 0.1) is 0 Å². The Morgan fingerprint density at radius 3 is 2.46 bits per heavy atom. The number of aromatic nitrogens is 1. The molecule has 69 valence electrons. The fourth-order valence-corrected chi connectivity index (χ4v) is 0.872. The standard InChI is InChI=1S/C7H6BF3NO/c1-8-4-3-12-6(2-5(4)13)7(9,10)11/h2-3H,1H3,(H,12,13). The van der Waals surface area contributed by atoms with Crippen molar-refractivity contribution in [1.29, 1.82) is 0 Å². The number of pyridine rings is 1. The van der Waals surface area contributed by atoms with E-state index in [0.717, 1.165) is 6.20 Å². The Bertz CT molecular complexity index is 357. The summed E-state index contributed by atoms with van der Waals surface area (Å²) in [6, 6.07) is 0.551. The van der Waals surface area contributed by atoms with Gasteiger partial charge in [0.25, 0.3) is 0 Å². The predicted octanol–water partition coefficient (Wildman–Crippen LogP) is 0.771. The number of H-pyrrole nitrogens is 1. The van der Waals surface area contributed by atoms with Gasteiger partial charge in [-0.15, -0.1) is 0 Å². The maximum Gasteiger partial charge on any atom is 0.431 e. The van der Waals surface area contributed by atoms with Crippen LogP contribution in [0.5, 0.6) is 0 Å². The molecule has 0 spiro atoms. The van der Waals surface area contributed by atoms with Crippen molar-refractivity contribution in [3.63, 3.8) is 0 Å². The summed E-state index contributed by atoms with van der Waals surface area (Å²) in [5.41, 5.74) is -1.43. The summed E-state index contributed by atoms with van der Waals surface area (Å²) in [4.78, 5) is 13.0. The molecule has 0 saturated carbocycles. The Hall–Kier alpha value is -1.20. The van der Waals surface area contributed by atoms with Crippen LogP contribution in [-0.2, 0) is 6.18 Å². The van der Waals surface area contributed by atoms with E-state index in [1.54, 1.807) is 6.82 Å². The lowest BCUT2D eigenvalue weighted by Crippen LogP contribution is -2.31. The second kappa shape index (κ2) is 3.28. The molecule has 0 aromatic carbocycles. The lowest BCUT2D eigenvalue weighted by Gasteiger charge is -2.05. The van der Waals surface area contributed by atoms with E-state index >= 15 is 0 Å². The molecule has 2 nitrogen and oxygen atoms in total. The Kier molecular flexibility index (Phi) is 2.49. The van der Waals surface area contributed by atoms with Crippen LogP contribution >= 0.6 is 0 Å². The minimum Gasteiger partial charge on any atom is -0.358 e. The lowest BCUT2D eigenvalue weighted by atomic mass is 9.74. The Balaban J connectivity index is 3.18. The number of alkyl halides is 3. The van der Waals surface area contributed by atoms with Crippen molar-refractivity contribution < 1.29 is 13.2 Å². The normalized spacial score (nSPS) is 11.4. The van der Waals surface area contributed by atoms with Crippen molar-refractivity contribution in [2.24, 2.45) is 0 Å². The van der Waals surface area contributed by atoms with Crippen LogP contribution in [0.25, 0.3) is 0 Å². The zero-order valence-electron chi connectivity index (χ0n) is 6.77. The van der Waals surface area contributed by atoms with Crippen LogP contribution in [0.1, 0.15) is 5.69 Å². The fraction of sp³-hybridized carbons (Fsp3) is 0.286. The van der Waals surface area contributed by atoms with Crippen molar-refractivity contribution in [2.45, 2.75) is 13.0 Å². The van der Waals surface area contributed by atoms with Crippen LogP contribution in [0.3, 0.4) is 0 Å². The first-order valence-electron chi connectivity index (χ1n) is 3.54. The summed E-state index contributed by atoms with van der Waals surface area (Å²) in [5.74, 6) is 0. The number of nitrogens with one attached hydrogen (secondary N) is 1. The van der Waals surface area contributed by atoms with Crippen molar-refractivity contribution in [3.05, 3.63) is 28.2 Å². The Labute approximate surface area is 73.0 Å². The molecule has 1 rings (SSSR count). The lowest BCUT2D eigenvalue weighted by molar-refractivity contribution is -0.141. The van der Waals surface area contributed by atoms with Crippen molar-refractivity contribution in [1.82, 2.24) is 4.98 Å². The van der Waals surface area contributed by atoms with Gasteiger partial charge in [-0.1, -0.05) is 6.82 Å². The highest BCUT2D eigenvalue weighted by Crippen LogP contribution is 2.25. The molecule has 0 aliphatic rings. The van der Waals surface area contributed by atoms with Crippen LogP contribution in [0, 0.1) is 0 Å². The molecule has 1 N–H and O–H groups in total. The summed E-state index contributed by atoms with van der Waals surface area (Å²) in [6.45, 7) is 1.58. The van der Waals surface area contributed by atoms with E-state index in [9.17, 15) is 18.0 Å². The van der Waals surface area contributed by atoms with E-state index in [2.05, 4.69) is 0 Å².